The molecule has 0 spiro atoms. The van der Waals surface area contributed by atoms with Gasteiger partial charge in [0.15, 0.2) is 0 Å². The first-order valence-electron chi connectivity index (χ1n) is 28.8. The summed E-state index contributed by atoms with van der Waals surface area (Å²) in [6.07, 6.45) is 6.70. The van der Waals surface area contributed by atoms with E-state index in [-0.39, 0.29) is 50.0 Å². The Labute approximate surface area is 433 Å². The van der Waals surface area contributed by atoms with Crippen molar-refractivity contribution in [1.82, 2.24) is 0 Å². The van der Waals surface area contributed by atoms with Crippen molar-refractivity contribution in [2.45, 2.75) is 206 Å². The SMILES string of the molecule is [2H]C([2H])([2H])c1cc2c3c(c1)N(c1ccc4c(c1)C(C)(C)CCC4(C)C)c1cc4c(cc1B3c1cc3c(cc1N2c1ccc2c(c1)-c1ccc(C(C)(C)C)cc1C2(C)C)C(C)(C)CCC3(C)C)C(C)(C)CCC4(C)C. The van der Waals surface area contributed by atoms with Gasteiger partial charge >= 0.3 is 0 Å². The van der Waals surface area contributed by atoms with Gasteiger partial charge in [-0.25, -0.2) is 0 Å². The van der Waals surface area contributed by atoms with E-state index in [0.29, 0.717) is 5.56 Å². The monoisotopic (exact) mass is 940 g/mol. The molecule has 0 aromatic heterocycles. The summed E-state index contributed by atoms with van der Waals surface area (Å²) in [4.78, 5) is 5.01. The molecule has 0 bridgehead atoms. The lowest BCUT2D eigenvalue weighted by Gasteiger charge is -2.49. The number of hydrogen-bond donors (Lipinski definition) is 0. The molecule has 366 valence electrons. The molecule has 0 saturated carbocycles. The molecule has 4 aliphatic carbocycles. The van der Waals surface area contributed by atoms with E-state index < -0.39 is 6.85 Å². The molecular formula is C68H81BN2. The molecule has 71 heavy (non-hydrogen) atoms. The van der Waals surface area contributed by atoms with Crippen LogP contribution in [-0.4, -0.2) is 6.71 Å². The van der Waals surface area contributed by atoms with Gasteiger partial charge in [0.05, 0.1) is 0 Å². The van der Waals surface area contributed by atoms with Gasteiger partial charge in [-0.3, -0.25) is 0 Å². The summed E-state index contributed by atoms with van der Waals surface area (Å²) in [5, 5.41) is 0. The van der Waals surface area contributed by atoms with Crippen LogP contribution < -0.4 is 26.2 Å². The zero-order valence-electron chi connectivity index (χ0n) is 49.4. The van der Waals surface area contributed by atoms with Gasteiger partial charge in [0.25, 0.3) is 6.71 Å². The van der Waals surface area contributed by atoms with Crippen LogP contribution in [0.25, 0.3) is 11.1 Å². The molecule has 6 aliphatic rings. The third-order valence-electron chi connectivity index (χ3n) is 19.9. The maximum Gasteiger partial charge on any atom is 0.252 e. The van der Waals surface area contributed by atoms with Crippen molar-refractivity contribution < 1.29 is 4.11 Å². The molecule has 3 heteroatoms. The Morgan fingerprint density at radius 2 is 0.831 bits per heavy atom. The summed E-state index contributed by atoms with van der Waals surface area (Å²) in [6, 6.07) is 36.1. The zero-order chi connectivity index (χ0) is 53.2. The lowest BCUT2D eigenvalue weighted by molar-refractivity contribution is 0.332. The first-order chi connectivity index (χ1) is 34.1. The second kappa shape index (κ2) is 14.4. The van der Waals surface area contributed by atoms with E-state index in [2.05, 4.69) is 218 Å². The molecule has 0 N–H and O–H groups in total. The van der Waals surface area contributed by atoms with Gasteiger partial charge in [-0.1, -0.05) is 160 Å². The quantitative estimate of drug-likeness (QED) is 0.159. The number of anilines is 6. The number of benzene rings is 6. The fourth-order valence-electron chi connectivity index (χ4n) is 14.7. The van der Waals surface area contributed by atoms with Gasteiger partial charge in [-0.2, -0.15) is 0 Å². The van der Waals surface area contributed by atoms with Crippen molar-refractivity contribution in [3.05, 3.63) is 147 Å². The molecule has 2 nitrogen and oxygen atoms in total. The fourth-order valence-corrected chi connectivity index (χ4v) is 14.7. The molecule has 0 saturated heterocycles. The summed E-state index contributed by atoms with van der Waals surface area (Å²) in [7, 11) is 0. The highest BCUT2D eigenvalue weighted by molar-refractivity contribution is 7.00. The molecule has 0 radical (unpaired) electrons. The summed E-state index contributed by atoms with van der Waals surface area (Å²) in [5.41, 5.74) is 25.5. The van der Waals surface area contributed by atoms with E-state index in [1.165, 1.54) is 83.3 Å². The van der Waals surface area contributed by atoms with Crippen LogP contribution in [0.1, 0.15) is 216 Å². The van der Waals surface area contributed by atoms with Crippen LogP contribution in [0, 0.1) is 6.85 Å². The summed E-state index contributed by atoms with van der Waals surface area (Å²) in [5.74, 6) is 0. The number of nitrogens with zero attached hydrogens (tertiary/aromatic N) is 2. The van der Waals surface area contributed by atoms with Crippen LogP contribution in [0.2, 0.25) is 0 Å². The van der Waals surface area contributed by atoms with Crippen molar-refractivity contribution in [3.63, 3.8) is 0 Å². The van der Waals surface area contributed by atoms with Gasteiger partial charge in [-0.15, -0.1) is 0 Å². The Morgan fingerprint density at radius 1 is 0.408 bits per heavy atom. The molecule has 6 aromatic carbocycles. The topological polar surface area (TPSA) is 6.48 Å². The summed E-state index contributed by atoms with van der Waals surface area (Å²) in [6.45, 7) is 38.4. The van der Waals surface area contributed by atoms with Gasteiger partial charge in [0, 0.05) is 43.7 Å². The minimum absolute atomic E-state index is 0.0195. The average Bonchev–Trinajstić information content (AvgIpc) is 3.54. The van der Waals surface area contributed by atoms with E-state index in [0.717, 1.165) is 67.0 Å². The lowest BCUT2D eigenvalue weighted by atomic mass is 9.32. The summed E-state index contributed by atoms with van der Waals surface area (Å²) < 4.78 is 27.9. The first kappa shape index (κ1) is 43.6. The Kier molecular flexibility index (Phi) is 8.83. The second-order valence-electron chi connectivity index (χ2n) is 28.8. The van der Waals surface area contributed by atoms with Crippen molar-refractivity contribution in [1.29, 1.82) is 0 Å². The Balaban J connectivity index is 1.22. The van der Waals surface area contributed by atoms with Crippen LogP contribution in [0.4, 0.5) is 34.1 Å². The first-order valence-corrected chi connectivity index (χ1v) is 27.3. The van der Waals surface area contributed by atoms with Gasteiger partial charge < -0.3 is 9.80 Å². The standard InChI is InChI=1S/C68H81BN2/c1-40-31-58-60-59(32-40)71(43-21-24-47-49(35-43)63(7,8)26-25-62(47,5)6)57-39-53-51(65(11,12)28-30-67(53,15)16)37-55(57)69(60)54-36-50-52(66(13,14)29-27-64(50,9)10)38-56(54)70(58)42-20-23-46-45(34-42)44-22-19-41(61(2,3)4)33-48(44)68(46,17)18/h19-24,31-39H,25-30H2,1-18H3/i1D3. The maximum atomic E-state index is 9.31. The van der Waals surface area contributed by atoms with Crippen LogP contribution in [0.5, 0.6) is 0 Å². The Hall–Kier alpha value is -5.02. The van der Waals surface area contributed by atoms with Crippen molar-refractivity contribution in [2.75, 3.05) is 9.80 Å². The van der Waals surface area contributed by atoms with E-state index in [9.17, 15) is 4.11 Å². The molecule has 2 heterocycles. The van der Waals surface area contributed by atoms with Gasteiger partial charge in [-0.05, 0) is 215 Å². The van der Waals surface area contributed by atoms with Crippen molar-refractivity contribution in [2.24, 2.45) is 0 Å². The van der Waals surface area contributed by atoms with Crippen LogP contribution in [0.15, 0.2) is 91.0 Å². The number of rotatable bonds is 2. The fraction of sp³-hybridized carbons (Fsp3) is 0.471. The smallest absolute Gasteiger partial charge is 0.252 e. The molecule has 2 aliphatic heterocycles. The number of fused-ring (bicyclic) bond motifs is 10. The molecular weight excluding hydrogens is 856 g/mol. The van der Waals surface area contributed by atoms with E-state index in [1.54, 1.807) is 0 Å². The van der Waals surface area contributed by atoms with E-state index in [4.69, 9.17) is 0 Å². The third kappa shape index (κ3) is 6.64. The maximum absolute atomic E-state index is 9.31. The minimum Gasteiger partial charge on any atom is -0.311 e. The molecule has 0 unspecified atom stereocenters. The van der Waals surface area contributed by atoms with Crippen LogP contribution in [0.3, 0.4) is 0 Å². The van der Waals surface area contributed by atoms with E-state index >= 15 is 0 Å². The normalized spacial score (nSPS) is 22.3. The third-order valence-corrected chi connectivity index (χ3v) is 19.9. The number of aryl methyl sites for hydroxylation is 1. The predicted octanol–water partition coefficient (Wildman–Crippen LogP) is 16.7. The molecule has 12 rings (SSSR count). The molecule has 0 amide bonds. The highest BCUT2D eigenvalue weighted by Crippen LogP contribution is 2.56. The highest BCUT2D eigenvalue weighted by Gasteiger charge is 2.49. The van der Waals surface area contributed by atoms with E-state index in [1.807, 2.05) is 0 Å². The van der Waals surface area contributed by atoms with Crippen LogP contribution >= 0.6 is 0 Å². The Morgan fingerprint density at radius 3 is 1.30 bits per heavy atom. The summed E-state index contributed by atoms with van der Waals surface area (Å²) >= 11 is 0. The lowest BCUT2D eigenvalue weighted by Crippen LogP contribution is -2.62. The van der Waals surface area contributed by atoms with Crippen molar-refractivity contribution in [3.8, 4) is 11.1 Å². The molecule has 6 aromatic rings. The zero-order valence-corrected chi connectivity index (χ0v) is 46.4. The van der Waals surface area contributed by atoms with Gasteiger partial charge in [0.2, 0.25) is 0 Å². The van der Waals surface area contributed by atoms with Crippen LogP contribution in [-0.2, 0) is 43.3 Å². The molecule has 0 fully saturated rings. The largest absolute Gasteiger partial charge is 0.311 e. The average molecular weight is 940 g/mol. The van der Waals surface area contributed by atoms with Crippen molar-refractivity contribution >= 4 is 57.2 Å². The van der Waals surface area contributed by atoms with Gasteiger partial charge in [0.1, 0.15) is 0 Å². The second-order valence-corrected chi connectivity index (χ2v) is 28.8. The molecule has 0 atom stereocenters. The highest BCUT2D eigenvalue weighted by atomic mass is 15.2. The predicted molar refractivity (Wildman–Crippen MR) is 307 cm³/mol. The number of hydrogen-bond acceptors (Lipinski definition) is 2. The Bertz CT molecular complexity index is 3420. The minimum atomic E-state index is -2.36.